The first-order chi connectivity index (χ1) is 8.27. The lowest BCUT2D eigenvalue weighted by molar-refractivity contribution is -0.141. The van der Waals surface area contributed by atoms with Crippen LogP contribution in [-0.2, 0) is 9.53 Å². The molecule has 0 aromatic carbocycles. The van der Waals surface area contributed by atoms with Crippen LogP contribution < -0.4 is 5.32 Å². The molecule has 0 saturated carbocycles. The summed E-state index contributed by atoms with van der Waals surface area (Å²) in [5.74, 6) is 0.124. The Hall–Kier alpha value is -1.06. The number of carbonyl (C=O) groups is 1. The fourth-order valence-electron chi connectivity index (χ4n) is 1.95. The molecule has 4 nitrogen and oxygen atoms in total. The number of unbranched alkanes of at least 4 members (excludes halogenated alkanes) is 2. The van der Waals surface area contributed by atoms with Gasteiger partial charge in [0.15, 0.2) is 0 Å². The van der Waals surface area contributed by atoms with Crippen molar-refractivity contribution in [3.8, 4) is 0 Å². The Kier molecular flexibility index (Phi) is 6.67. The van der Waals surface area contributed by atoms with Crippen molar-refractivity contribution >= 4 is 11.8 Å². The molecule has 0 spiro atoms. The number of carbonyl (C=O) groups excluding carboxylic acids is 1. The Labute approximate surface area is 104 Å². The second kappa shape index (κ2) is 8.09. The molecule has 1 aliphatic heterocycles. The number of nitrogens with one attached hydrogen (secondary N) is 1. The molecule has 0 aromatic heterocycles. The predicted molar refractivity (Wildman–Crippen MR) is 69.2 cm³/mol. The van der Waals surface area contributed by atoms with E-state index in [1.807, 2.05) is 0 Å². The van der Waals surface area contributed by atoms with E-state index in [2.05, 4.69) is 24.2 Å². The van der Waals surface area contributed by atoms with Crippen LogP contribution in [0.1, 0.15) is 52.4 Å². The van der Waals surface area contributed by atoms with Crippen molar-refractivity contribution in [3.63, 3.8) is 0 Å². The van der Waals surface area contributed by atoms with Crippen LogP contribution in [0.25, 0.3) is 0 Å². The van der Waals surface area contributed by atoms with Gasteiger partial charge < -0.3 is 10.1 Å². The molecule has 1 atom stereocenters. The van der Waals surface area contributed by atoms with Gasteiger partial charge in [0, 0.05) is 6.54 Å². The normalized spacial score (nSPS) is 16.2. The zero-order valence-electron chi connectivity index (χ0n) is 11.0. The number of hydrogen-bond acceptors (Lipinski definition) is 4. The molecule has 1 rings (SSSR count). The summed E-state index contributed by atoms with van der Waals surface area (Å²) >= 11 is 0. The SMILES string of the molecule is CCCCCC(CCC)OC(=O)C1=NCCN1. The van der Waals surface area contributed by atoms with Crippen molar-refractivity contribution in [1.29, 1.82) is 0 Å². The Bertz CT molecular complexity index is 264. The molecule has 17 heavy (non-hydrogen) atoms. The summed E-state index contributed by atoms with van der Waals surface area (Å²) in [5, 5.41) is 2.95. The molecule has 0 bridgehead atoms. The zero-order valence-corrected chi connectivity index (χ0v) is 11.0. The third kappa shape index (κ3) is 5.20. The summed E-state index contributed by atoms with van der Waals surface area (Å²) < 4.78 is 5.49. The summed E-state index contributed by atoms with van der Waals surface area (Å²) in [7, 11) is 0. The van der Waals surface area contributed by atoms with Crippen molar-refractivity contribution in [2.24, 2.45) is 4.99 Å². The van der Waals surface area contributed by atoms with Gasteiger partial charge in [-0.2, -0.15) is 0 Å². The van der Waals surface area contributed by atoms with E-state index in [-0.39, 0.29) is 12.1 Å². The lowest BCUT2D eigenvalue weighted by atomic mass is 10.1. The molecule has 1 unspecified atom stereocenters. The largest absolute Gasteiger partial charge is 0.457 e. The average Bonchev–Trinajstić information content (AvgIpc) is 2.83. The zero-order chi connectivity index (χ0) is 12.5. The van der Waals surface area contributed by atoms with Crippen LogP contribution in [0, 0.1) is 0 Å². The molecular weight excluding hydrogens is 216 g/mol. The summed E-state index contributed by atoms with van der Waals surface area (Å²) in [5.41, 5.74) is 0. The van der Waals surface area contributed by atoms with Crippen LogP contribution in [0.5, 0.6) is 0 Å². The van der Waals surface area contributed by atoms with E-state index in [1.165, 1.54) is 12.8 Å². The molecule has 0 saturated heterocycles. The van der Waals surface area contributed by atoms with Gasteiger partial charge in [-0.3, -0.25) is 4.99 Å². The summed E-state index contributed by atoms with van der Waals surface area (Å²) in [6, 6.07) is 0. The van der Waals surface area contributed by atoms with Crippen LogP contribution in [0.4, 0.5) is 0 Å². The first kappa shape index (κ1) is 14.0. The monoisotopic (exact) mass is 240 g/mol. The molecule has 0 amide bonds. The molecule has 1 N–H and O–H groups in total. The third-order valence-corrected chi connectivity index (χ3v) is 2.88. The van der Waals surface area contributed by atoms with Crippen molar-refractivity contribution in [1.82, 2.24) is 5.32 Å². The van der Waals surface area contributed by atoms with Gasteiger partial charge in [0.1, 0.15) is 6.10 Å². The number of rotatable bonds is 8. The molecule has 1 aliphatic rings. The predicted octanol–water partition coefficient (Wildman–Crippen LogP) is 2.28. The lowest BCUT2D eigenvalue weighted by Crippen LogP contribution is -2.32. The minimum absolute atomic E-state index is 0.0594. The van der Waals surface area contributed by atoms with Gasteiger partial charge in [-0.1, -0.05) is 33.1 Å². The van der Waals surface area contributed by atoms with Gasteiger partial charge >= 0.3 is 5.97 Å². The molecule has 0 radical (unpaired) electrons. The van der Waals surface area contributed by atoms with E-state index in [9.17, 15) is 4.79 Å². The van der Waals surface area contributed by atoms with Gasteiger partial charge in [-0.05, 0) is 19.3 Å². The smallest absolute Gasteiger partial charge is 0.373 e. The Morgan fingerprint density at radius 1 is 1.35 bits per heavy atom. The molecule has 0 aromatic rings. The van der Waals surface area contributed by atoms with E-state index in [4.69, 9.17) is 4.74 Å². The Balaban J connectivity index is 2.33. The van der Waals surface area contributed by atoms with E-state index >= 15 is 0 Å². The first-order valence-corrected chi connectivity index (χ1v) is 6.77. The molecule has 0 fully saturated rings. The maximum atomic E-state index is 11.7. The van der Waals surface area contributed by atoms with Crippen molar-refractivity contribution in [2.75, 3.05) is 13.1 Å². The highest BCUT2D eigenvalue weighted by Gasteiger charge is 2.20. The van der Waals surface area contributed by atoms with Gasteiger partial charge in [0.05, 0.1) is 6.54 Å². The Morgan fingerprint density at radius 2 is 2.18 bits per heavy atom. The van der Waals surface area contributed by atoms with Crippen molar-refractivity contribution in [3.05, 3.63) is 0 Å². The van der Waals surface area contributed by atoms with Gasteiger partial charge in [-0.15, -0.1) is 0 Å². The standard InChI is InChI=1S/C13H24N2O2/c1-3-5-6-8-11(7-4-2)17-13(16)12-14-9-10-15-12/h11H,3-10H2,1-2H3,(H,14,15). The number of nitrogens with zero attached hydrogens (tertiary/aromatic N) is 1. The minimum atomic E-state index is -0.280. The molecule has 1 heterocycles. The van der Waals surface area contributed by atoms with Gasteiger partial charge in [0.25, 0.3) is 0 Å². The van der Waals surface area contributed by atoms with E-state index < -0.39 is 0 Å². The maximum absolute atomic E-state index is 11.7. The van der Waals surface area contributed by atoms with Crippen LogP contribution >= 0.6 is 0 Å². The van der Waals surface area contributed by atoms with E-state index in [0.29, 0.717) is 12.4 Å². The highest BCUT2D eigenvalue weighted by atomic mass is 16.5. The highest BCUT2D eigenvalue weighted by molar-refractivity contribution is 6.35. The van der Waals surface area contributed by atoms with Gasteiger partial charge in [-0.25, -0.2) is 4.79 Å². The lowest BCUT2D eigenvalue weighted by Gasteiger charge is -2.17. The third-order valence-electron chi connectivity index (χ3n) is 2.88. The first-order valence-electron chi connectivity index (χ1n) is 6.77. The van der Waals surface area contributed by atoms with E-state index in [1.54, 1.807) is 0 Å². The number of hydrogen-bond donors (Lipinski definition) is 1. The van der Waals surface area contributed by atoms with Crippen LogP contribution in [0.15, 0.2) is 4.99 Å². The second-order valence-electron chi connectivity index (χ2n) is 4.47. The maximum Gasteiger partial charge on any atom is 0.373 e. The van der Waals surface area contributed by atoms with Crippen LogP contribution in [0.2, 0.25) is 0 Å². The van der Waals surface area contributed by atoms with Crippen LogP contribution in [0.3, 0.4) is 0 Å². The quantitative estimate of drug-likeness (QED) is 0.523. The fraction of sp³-hybridized carbons (Fsp3) is 0.846. The number of aliphatic imine (C=N–C) groups is 1. The van der Waals surface area contributed by atoms with Gasteiger partial charge in [0.2, 0.25) is 5.84 Å². The topological polar surface area (TPSA) is 50.7 Å². The van der Waals surface area contributed by atoms with Crippen LogP contribution in [-0.4, -0.2) is 31.0 Å². The van der Waals surface area contributed by atoms with E-state index in [0.717, 1.165) is 32.2 Å². The summed E-state index contributed by atoms with van der Waals surface area (Å²) in [4.78, 5) is 15.8. The number of ether oxygens (including phenoxy) is 1. The Morgan fingerprint density at radius 3 is 2.76 bits per heavy atom. The number of esters is 1. The average molecular weight is 240 g/mol. The highest BCUT2D eigenvalue weighted by Crippen LogP contribution is 2.12. The van der Waals surface area contributed by atoms with Crippen molar-refractivity contribution < 1.29 is 9.53 Å². The molecule has 4 heteroatoms. The fourth-order valence-corrected chi connectivity index (χ4v) is 1.95. The second-order valence-corrected chi connectivity index (χ2v) is 4.47. The van der Waals surface area contributed by atoms with Crippen molar-refractivity contribution in [2.45, 2.75) is 58.5 Å². The minimum Gasteiger partial charge on any atom is -0.457 e. The summed E-state index contributed by atoms with van der Waals surface area (Å²) in [6.07, 6.45) is 6.56. The summed E-state index contributed by atoms with van der Waals surface area (Å²) in [6.45, 7) is 5.72. The molecule has 98 valence electrons. The number of amidine groups is 1. The molecule has 0 aliphatic carbocycles. The molecular formula is C13H24N2O2.